The molecule has 1 aliphatic rings. The molecular weight excluding hydrogens is 394 g/mol. The van der Waals surface area contributed by atoms with E-state index in [1.165, 1.54) is 64.2 Å². The second-order valence-corrected chi connectivity index (χ2v) is 12.4. The van der Waals surface area contributed by atoms with Crippen molar-refractivity contribution in [2.75, 3.05) is 0 Å². The molecule has 1 aliphatic carbocycles. The summed E-state index contributed by atoms with van der Waals surface area (Å²) in [6.45, 7) is 25.1. The van der Waals surface area contributed by atoms with Gasteiger partial charge in [-0.05, 0) is 69.1 Å². The highest BCUT2D eigenvalue weighted by molar-refractivity contribution is 4.86. The predicted molar refractivity (Wildman–Crippen MR) is 139 cm³/mol. The van der Waals surface area contributed by atoms with Crippen molar-refractivity contribution in [2.24, 2.45) is 23.7 Å². The van der Waals surface area contributed by atoms with Crippen LogP contribution in [0.15, 0.2) is 0 Å². The third kappa shape index (κ3) is 12.6. The van der Waals surface area contributed by atoms with Gasteiger partial charge in [0.2, 0.25) is 0 Å². The average molecular weight is 451 g/mol. The van der Waals surface area contributed by atoms with E-state index in [2.05, 4.69) is 53.3 Å². The van der Waals surface area contributed by atoms with Crippen LogP contribution in [0.5, 0.6) is 0 Å². The predicted octanol–water partition coefficient (Wildman–Crippen LogP) is 9.10. The maximum Gasteiger partial charge on any atom is 0.379 e. The van der Waals surface area contributed by atoms with Gasteiger partial charge >= 0.3 is 5.72 Å². The number of hydrogen-bond acceptors (Lipinski definition) is 2. The van der Waals surface area contributed by atoms with E-state index >= 15 is 0 Å². The number of rotatable bonds is 15. The molecule has 0 aliphatic heterocycles. The van der Waals surface area contributed by atoms with Gasteiger partial charge in [0.05, 0.1) is 17.8 Å². The Morgan fingerprint density at radius 1 is 0.844 bits per heavy atom. The van der Waals surface area contributed by atoms with Gasteiger partial charge in [0.15, 0.2) is 0 Å². The van der Waals surface area contributed by atoms with Crippen LogP contribution in [0.1, 0.15) is 133 Å². The zero-order valence-electron chi connectivity index (χ0n) is 23.1. The minimum Gasteiger partial charge on any atom is -0.372 e. The SMILES string of the molecule is C#[N+]C(C)(C)OC(C)CC(C)(C)OC(C)C1CCC(CCCC(C)CCCC(C)C)CC1. The lowest BCUT2D eigenvalue weighted by Crippen LogP contribution is -2.38. The second kappa shape index (κ2) is 14.0. The highest BCUT2D eigenvalue weighted by Crippen LogP contribution is 2.36. The average Bonchev–Trinajstić information content (AvgIpc) is 2.66. The van der Waals surface area contributed by atoms with Gasteiger partial charge in [0.1, 0.15) is 0 Å². The molecule has 0 amide bonds. The Morgan fingerprint density at radius 3 is 2.00 bits per heavy atom. The standard InChI is InChI=1S/C29H56NO2/c1-22(2)13-11-14-23(3)15-12-16-26-17-19-27(20-18-26)25(5)32-28(6,7)21-24(4)31-29(8,9)30-10/h10,22-27H,11-21H2,1-9H3/q+1. The van der Waals surface area contributed by atoms with Gasteiger partial charge in [-0.15, -0.1) is 0 Å². The van der Waals surface area contributed by atoms with Crippen LogP contribution >= 0.6 is 0 Å². The molecule has 0 N–H and O–H groups in total. The fraction of sp³-hybridized carbons (Fsp3) is 0.966. The molecular formula is C29H56NO2+. The molecule has 0 heterocycles. The van der Waals surface area contributed by atoms with Crippen LogP contribution in [0, 0.1) is 30.2 Å². The van der Waals surface area contributed by atoms with Crippen LogP contribution in [0.4, 0.5) is 0 Å². The van der Waals surface area contributed by atoms with Crippen LogP contribution in [0.2, 0.25) is 0 Å². The zero-order valence-corrected chi connectivity index (χ0v) is 23.1. The third-order valence-electron chi connectivity index (χ3n) is 7.43. The molecule has 32 heavy (non-hydrogen) atoms. The van der Waals surface area contributed by atoms with Gasteiger partial charge in [-0.1, -0.05) is 72.1 Å². The summed E-state index contributed by atoms with van der Waals surface area (Å²) in [5.74, 6) is 3.37. The molecule has 3 atom stereocenters. The summed E-state index contributed by atoms with van der Waals surface area (Å²) in [7, 11) is 0. The molecule has 0 radical (unpaired) electrons. The molecule has 0 aromatic carbocycles. The summed E-state index contributed by atoms with van der Waals surface area (Å²) in [6.07, 6.45) is 15.0. The van der Waals surface area contributed by atoms with Gasteiger partial charge in [0.25, 0.3) is 6.57 Å². The van der Waals surface area contributed by atoms with E-state index in [0.717, 1.165) is 24.2 Å². The normalized spacial score (nSPS) is 23.0. The Bertz CT molecular complexity index is 540. The van der Waals surface area contributed by atoms with Crippen LogP contribution in [0.25, 0.3) is 4.85 Å². The summed E-state index contributed by atoms with van der Waals surface area (Å²) in [6, 6.07) is 0. The summed E-state index contributed by atoms with van der Waals surface area (Å²) < 4.78 is 12.5. The number of nitrogens with zero attached hydrogens (tertiary/aromatic N) is 1. The van der Waals surface area contributed by atoms with Crippen LogP contribution in [0.3, 0.4) is 0 Å². The van der Waals surface area contributed by atoms with Crippen LogP contribution in [-0.2, 0) is 9.47 Å². The molecule has 0 saturated heterocycles. The number of hydrogen-bond donors (Lipinski definition) is 0. The van der Waals surface area contributed by atoms with Crippen molar-refractivity contribution in [1.82, 2.24) is 0 Å². The van der Waals surface area contributed by atoms with Crippen molar-refractivity contribution in [2.45, 2.75) is 156 Å². The van der Waals surface area contributed by atoms with Gasteiger partial charge in [-0.25, -0.2) is 0 Å². The molecule has 0 aromatic rings. The molecule has 3 heteroatoms. The van der Waals surface area contributed by atoms with E-state index in [9.17, 15) is 0 Å². The molecule has 1 rings (SSSR count). The monoisotopic (exact) mass is 450 g/mol. The quantitative estimate of drug-likeness (QED) is 0.248. The van der Waals surface area contributed by atoms with E-state index in [-0.39, 0.29) is 11.7 Å². The summed E-state index contributed by atoms with van der Waals surface area (Å²) in [5, 5.41) is 0. The first kappa shape index (κ1) is 29.4. The van der Waals surface area contributed by atoms with Crippen molar-refractivity contribution in [3.8, 4) is 6.57 Å². The smallest absolute Gasteiger partial charge is 0.372 e. The third-order valence-corrected chi connectivity index (χ3v) is 7.43. The van der Waals surface area contributed by atoms with Gasteiger partial charge in [-0.2, -0.15) is 0 Å². The zero-order chi connectivity index (χ0) is 24.4. The molecule has 188 valence electrons. The van der Waals surface area contributed by atoms with Gasteiger partial charge in [0, 0.05) is 20.3 Å². The van der Waals surface area contributed by atoms with E-state index in [4.69, 9.17) is 16.0 Å². The lowest BCUT2D eigenvalue weighted by Gasteiger charge is -2.38. The van der Waals surface area contributed by atoms with Crippen molar-refractivity contribution in [3.63, 3.8) is 0 Å². The largest absolute Gasteiger partial charge is 0.379 e. The van der Waals surface area contributed by atoms with Gasteiger partial charge < -0.3 is 9.47 Å². The van der Waals surface area contributed by atoms with Crippen molar-refractivity contribution in [3.05, 3.63) is 4.85 Å². The Labute approximate surface area is 201 Å². The maximum atomic E-state index is 6.56. The first-order valence-electron chi connectivity index (χ1n) is 13.6. The molecule has 1 saturated carbocycles. The fourth-order valence-electron chi connectivity index (χ4n) is 5.62. The van der Waals surface area contributed by atoms with Crippen molar-refractivity contribution >= 4 is 0 Å². The van der Waals surface area contributed by atoms with E-state index in [1.807, 2.05) is 13.8 Å². The van der Waals surface area contributed by atoms with E-state index in [1.54, 1.807) is 0 Å². The summed E-state index contributed by atoms with van der Waals surface area (Å²) in [5.41, 5.74) is -0.864. The van der Waals surface area contributed by atoms with E-state index < -0.39 is 5.72 Å². The minimum atomic E-state index is -0.647. The molecule has 0 bridgehead atoms. The molecule has 0 spiro atoms. The summed E-state index contributed by atoms with van der Waals surface area (Å²) in [4.78, 5) is 3.82. The van der Waals surface area contributed by atoms with Gasteiger partial charge in [-0.3, -0.25) is 0 Å². The highest BCUT2D eigenvalue weighted by Gasteiger charge is 2.35. The highest BCUT2D eigenvalue weighted by atomic mass is 16.5. The van der Waals surface area contributed by atoms with Crippen LogP contribution in [-0.4, -0.2) is 23.5 Å². The second-order valence-electron chi connectivity index (χ2n) is 12.4. The first-order chi connectivity index (χ1) is 14.8. The fourth-order valence-corrected chi connectivity index (χ4v) is 5.62. The Kier molecular flexibility index (Phi) is 12.8. The lowest BCUT2D eigenvalue weighted by molar-refractivity contribution is -0.129. The number of ether oxygens (including phenoxy) is 2. The van der Waals surface area contributed by atoms with Crippen molar-refractivity contribution < 1.29 is 9.47 Å². The Morgan fingerprint density at radius 2 is 1.44 bits per heavy atom. The first-order valence-corrected chi connectivity index (χ1v) is 13.6. The lowest BCUT2D eigenvalue weighted by atomic mass is 9.77. The molecule has 0 aromatic heterocycles. The maximum absolute atomic E-state index is 6.56. The minimum absolute atomic E-state index is 0.0444. The summed E-state index contributed by atoms with van der Waals surface area (Å²) >= 11 is 0. The van der Waals surface area contributed by atoms with E-state index in [0.29, 0.717) is 12.0 Å². The molecule has 3 nitrogen and oxygen atoms in total. The molecule has 1 fully saturated rings. The Balaban J connectivity index is 2.28. The molecule has 3 unspecified atom stereocenters. The van der Waals surface area contributed by atoms with Crippen LogP contribution < -0.4 is 0 Å². The topological polar surface area (TPSA) is 22.8 Å². The Hall–Kier alpha value is -0.590. The van der Waals surface area contributed by atoms with Crippen molar-refractivity contribution in [1.29, 1.82) is 0 Å².